The van der Waals surface area contributed by atoms with Crippen LogP contribution in [0.5, 0.6) is 5.75 Å². The van der Waals surface area contributed by atoms with E-state index in [-0.39, 0.29) is 139 Å². The summed E-state index contributed by atoms with van der Waals surface area (Å²) in [5, 5.41) is 84.8. The first-order valence-electron chi connectivity index (χ1n) is 43.4. The molecule has 2 aliphatic heterocycles. The number of aromatic amines is 1. The lowest BCUT2D eigenvalue weighted by Crippen LogP contribution is -2.61. The fraction of sp³-hybridized carbons (Fsp3) is 0.506. The minimum Gasteiger partial charge on any atom is -0.508 e. The molecule has 134 heavy (non-hydrogen) atoms. The maximum Gasteiger partial charge on any atom is 0.326 e. The van der Waals surface area contributed by atoms with Crippen LogP contribution in [0.15, 0.2) is 97.5 Å². The molecule has 3 heterocycles. The summed E-state index contributed by atoms with van der Waals surface area (Å²) in [5.41, 5.74) is 29.6. The molecular formula is C85H121N25O24. The first kappa shape index (κ1) is 108. The Kier molecular flexibility index (Phi) is 44.1. The number of aromatic nitrogens is 2. The number of carboxylic acids is 2. The van der Waals surface area contributed by atoms with E-state index in [1.807, 2.05) is 0 Å². The highest BCUT2D eigenvalue weighted by Gasteiger charge is 2.43. The summed E-state index contributed by atoms with van der Waals surface area (Å²) in [6, 6.07) is 2.16. The van der Waals surface area contributed by atoms with E-state index >= 15 is 0 Å². The van der Waals surface area contributed by atoms with Crippen molar-refractivity contribution in [3.05, 3.63) is 120 Å². The second kappa shape index (κ2) is 54.8. The molecule has 49 nitrogen and oxygen atoms in total. The lowest BCUT2D eigenvalue weighted by atomic mass is 10.0. The van der Waals surface area contributed by atoms with E-state index in [1.54, 1.807) is 74.5 Å². The Bertz CT molecular complexity index is 4760. The van der Waals surface area contributed by atoms with Gasteiger partial charge >= 0.3 is 11.9 Å². The van der Waals surface area contributed by atoms with Crippen LogP contribution in [0.4, 0.5) is 0 Å². The van der Waals surface area contributed by atoms with Crippen LogP contribution in [0.3, 0.4) is 0 Å². The van der Waals surface area contributed by atoms with Gasteiger partial charge in [-0.2, -0.15) is 0 Å². The molecule has 1 aromatic heterocycles. The quantitative estimate of drug-likeness (QED) is 0.0111. The number of hydrogen-bond acceptors (Lipinski definition) is 26. The highest BCUT2D eigenvalue weighted by Crippen LogP contribution is 2.23. The average Bonchev–Trinajstić information content (AvgIpc) is 1.65. The number of carboxylic acid groups (broad SMARTS) is 2. The van der Waals surface area contributed by atoms with Gasteiger partial charge in [0.25, 0.3) is 0 Å². The van der Waals surface area contributed by atoms with Crippen LogP contribution in [-0.4, -0.2) is 301 Å². The monoisotopic (exact) mass is 1880 g/mol. The maximum absolute atomic E-state index is 14.9. The summed E-state index contributed by atoms with van der Waals surface area (Å²) in [4.78, 5) is 280. The van der Waals surface area contributed by atoms with E-state index in [2.05, 4.69) is 89.7 Å². The predicted octanol–water partition coefficient (Wildman–Crippen LogP) is -8.86. The number of rotatable bonds is 56. The Balaban J connectivity index is 1.09. The third kappa shape index (κ3) is 37.2. The third-order valence-electron chi connectivity index (χ3n) is 21.3. The molecule has 0 spiro atoms. The van der Waals surface area contributed by atoms with Gasteiger partial charge in [0, 0.05) is 63.6 Å². The lowest BCUT2D eigenvalue weighted by Gasteiger charge is -2.31. The maximum atomic E-state index is 14.9. The number of carbonyl (C=O) groups excluding carboxylic acids is 18. The van der Waals surface area contributed by atoms with Gasteiger partial charge in [-0.15, -0.1) is 0 Å². The normalized spacial score (nSPS) is 16.0. The molecular weight excluding hydrogens is 1760 g/mol. The van der Waals surface area contributed by atoms with Crippen LogP contribution in [0.1, 0.15) is 127 Å². The van der Waals surface area contributed by atoms with Gasteiger partial charge in [0.1, 0.15) is 78.3 Å². The van der Waals surface area contributed by atoms with Crippen LogP contribution >= 0.6 is 0 Å². The van der Waals surface area contributed by atoms with Crippen molar-refractivity contribution in [2.24, 2.45) is 34.6 Å². The van der Waals surface area contributed by atoms with Crippen molar-refractivity contribution >= 4 is 124 Å². The first-order chi connectivity index (χ1) is 63.6. The number of phenolic OH excluding ortho intramolecular Hbond substituents is 1. The Morgan fingerprint density at radius 3 is 1.51 bits per heavy atom. The Morgan fingerprint density at radius 1 is 0.478 bits per heavy atom. The van der Waals surface area contributed by atoms with Gasteiger partial charge in [0.05, 0.1) is 57.5 Å². The standard InChI is InChI=1S/C85H121N25O24/c1-45(2)32-55(77(126)107-61(35-49-22-24-51(112)25-23-49)83(132)110-31-12-20-62(110)81(130)106-60(38-70(119)120)80(129)105-59(37-65(89)114)74(123)97-43-69(118)109-30-13-21-63(109)84(133)134)99-67(116)41-94-66(115)40-95-73(122)56(33-47-14-6-4-7-15-47)103-79(128)58(36-50-39-92-44-98-50)100-68(117)42-96-82(131)71(46(3)111)108-76(125)53(18-10-28-86)102-78(127)57(34-48-16-8-5-9-17-48)104-75(124)54(19-11-29-93-85(90)91)101-72(121)52(87)26-27-64(88)113/h4-9,14-17,22-25,39,44-46,52-63,71,111-112H,10-13,18-21,26-38,40-43,86-87H2,1-3H3,(H2,88,113)(H2,89,114)(H,92,98)(H,94,115)(H,95,122)(H,96,131)(H,97,123)(H,99,116)(H,100,117)(H,101,121)(H,102,127)(H,103,128)(H,104,124)(H,105,129)(H,106,130)(H,107,126)(H,108,125)(H,119,120)(H,133,134)(H4,90,91,93)/t46-,52+,53+,54+,55+,56+,57+,58+,59+,60+,61+,62+,63+,71+/m1/s1. The number of phenols is 1. The van der Waals surface area contributed by atoms with E-state index in [0.717, 1.165) is 16.7 Å². The number of nitrogens with one attached hydrogen (secondary N) is 17. The molecule has 0 saturated carbocycles. The minimum atomic E-state index is -1.98. The smallest absolute Gasteiger partial charge is 0.326 e. The molecule has 0 unspecified atom stereocenters. The van der Waals surface area contributed by atoms with Gasteiger partial charge in [-0.25, -0.2) is 9.78 Å². The van der Waals surface area contributed by atoms with Crippen LogP contribution in [0.25, 0.3) is 0 Å². The zero-order valence-corrected chi connectivity index (χ0v) is 74.3. The van der Waals surface area contributed by atoms with E-state index in [0.29, 0.717) is 23.1 Å². The van der Waals surface area contributed by atoms with Gasteiger partial charge in [0.15, 0.2) is 5.96 Å². The second-order valence-corrected chi connectivity index (χ2v) is 32.6. The van der Waals surface area contributed by atoms with Gasteiger partial charge in [-0.1, -0.05) is 86.6 Å². The van der Waals surface area contributed by atoms with Crippen molar-refractivity contribution in [1.82, 2.24) is 99.5 Å². The van der Waals surface area contributed by atoms with Crippen molar-refractivity contribution in [1.29, 1.82) is 5.41 Å². The summed E-state index contributed by atoms with van der Waals surface area (Å²) in [7, 11) is 0. The predicted molar refractivity (Wildman–Crippen MR) is 474 cm³/mol. The van der Waals surface area contributed by atoms with Gasteiger partial charge in [0.2, 0.25) is 106 Å². The fourth-order valence-corrected chi connectivity index (χ4v) is 14.4. The number of aromatic hydroxyl groups is 1. The fourth-order valence-electron chi connectivity index (χ4n) is 14.4. The summed E-state index contributed by atoms with van der Waals surface area (Å²) in [6.07, 6.45) is -1.92. The Morgan fingerprint density at radius 2 is 0.948 bits per heavy atom. The number of primary amides is 2. The molecule has 2 aliphatic rings. The zero-order valence-electron chi connectivity index (χ0n) is 74.3. The van der Waals surface area contributed by atoms with E-state index < -0.39 is 242 Å². The molecule has 3 aromatic carbocycles. The van der Waals surface area contributed by atoms with Gasteiger partial charge in [-0.3, -0.25) is 96.5 Å². The van der Waals surface area contributed by atoms with Crippen molar-refractivity contribution in [3.63, 3.8) is 0 Å². The Hall–Kier alpha value is -14.8. The van der Waals surface area contributed by atoms with E-state index in [9.17, 15) is 116 Å². The summed E-state index contributed by atoms with van der Waals surface area (Å²) in [5.74, 6) is -21.4. The molecule has 0 aliphatic carbocycles. The summed E-state index contributed by atoms with van der Waals surface area (Å²) in [6.45, 7) is 1.28. The third-order valence-corrected chi connectivity index (χ3v) is 21.3. The number of guanidine groups is 1. The van der Waals surface area contributed by atoms with Crippen molar-refractivity contribution in [2.75, 3.05) is 52.4 Å². The molecule has 18 amide bonds. The number of nitrogens with zero attached hydrogens (tertiary/aromatic N) is 3. The van der Waals surface area contributed by atoms with Gasteiger partial charge in [-0.05, 0) is 112 Å². The van der Waals surface area contributed by atoms with Gasteiger partial charge < -0.3 is 144 Å². The van der Waals surface area contributed by atoms with E-state index in [1.165, 1.54) is 36.8 Å². The molecule has 0 bridgehead atoms. The molecule has 0 radical (unpaired) electrons. The minimum absolute atomic E-state index is 0.00152. The lowest BCUT2D eigenvalue weighted by molar-refractivity contribution is -0.148. The van der Waals surface area contributed by atoms with Crippen LogP contribution in [0.2, 0.25) is 0 Å². The number of imidazole rings is 1. The number of aliphatic hydroxyl groups is 1. The molecule has 730 valence electrons. The summed E-state index contributed by atoms with van der Waals surface area (Å²) < 4.78 is 0. The molecule has 31 N–H and O–H groups in total. The molecule has 4 aromatic rings. The number of carbonyl (C=O) groups is 20. The van der Waals surface area contributed by atoms with Crippen molar-refractivity contribution in [3.8, 4) is 5.75 Å². The molecule has 2 saturated heterocycles. The van der Waals surface area contributed by atoms with Crippen LogP contribution in [-0.2, 0) is 122 Å². The molecule has 14 atom stereocenters. The first-order valence-corrected chi connectivity index (χ1v) is 43.4. The second-order valence-electron chi connectivity index (χ2n) is 32.6. The average molecular weight is 1880 g/mol. The topological polar surface area (TPSA) is 792 Å². The molecule has 6 rings (SSSR count). The SMILES string of the molecule is CC(C)C[C@H](NC(=O)CNC(=O)CNC(=O)[C@H](Cc1ccccc1)NC(=O)[C@H](Cc1cnc[nH]1)NC(=O)CNC(=O)[C@@H](NC(=O)[C@H](CCCN)NC(=O)[C@H](Cc1ccccc1)NC(=O)[C@H](CCCNC(=N)N)NC(=O)[C@@H](N)CCC(N)=O)[C@@H](C)O)C(=O)N[C@@H](Cc1ccc(O)cc1)C(=O)N1CCC[C@H]1C(=O)N[C@@H](CC(=O)O)C(=O)N[C@@H](CC(N)=O)C(=O)NCC(=O)N1CCC[C@H]1C(=O)O. The number of aliphatic carboxylic acids is 2. The van der Waals surface area contributed by atoms with E-state index in [4.69, 9.17) is 34.1 Å². The molecule has 49 heteroatoms. The van der Waals surface area contributed by atoms with Crippen LogP contribution in [0, 0.1) is 11.3 Å². The number of H-pyrrole nitrogens is 1. The summed E-state index contributed by atoms with van der Waals surface area (Å²) >= 11 is 0. The van der Waals surface area contributed by atoms with Crippen molar-refractivity contribution in [2.45, 2.75) is 215 Å². The number of aliphatic hydroxyl groups excluding tert-OH is 1. The van der Waals surface area contributed by atoms with Crippen LogP contribution < -0.4 is 108 Å². The highest BCUT2D eigenvalue weighted by molar-refractivity contribution is 6.02. The molecule has 2 fully saturated rings. The zero-order chi connectivity index (χ0) is 98.8. The van der Waals surface area contributed by atoms with Crippen molar-refractivity contribution < 1.29 is 116 Å². The number of benzene rings is 3. The number of likely N-dealkylation sites (tertiary alicyclic amines) is 2. The number of amides is 18. The number of nitrogens with two attached hydrogens (primary N) is 5. The Labute approximate surface area is 769 Å². The highest BCUT2D eigenvalue weighted by atomic mass is 16.4. The number of hydrogen-bond donors (Lipinski definition) is 26. The largest absolute Gasteiger partial charge is 0.508 e.